The molecule has 6 heteroatoms. The Morgan fingerprint density at radius 1 is 0.526 bits per heavy atom. The summed E-state index contributed by atoms with van der Waals surface area (Å²) in [6, 6.07) is -0.714. The number of nitrogens with one attached hydrogen (secondary N) is 1. The largest absolute Gasteiger partial charge is 0.462 e. The molecule has 3 unspecified atom stereocenters. The van der Waals surface area contributed by atoms with E-state index < -0.39 is 18.2 Å². The smallest absolute Gasteiger partial charge is 0.306 e. The van der Waals surface area contributed by atoms with Gasteiger partial charge in [0.2, 0.25) is 5.91 Å². The number of ether oxygens (including phenoxy) is 1. The lowest BCUT2D eigenvalue weighted by Crippen LogP contribution is -2.46. The number of carbonyl (C=O) groups is 2. The Balaban J connectivity index is 4.66. The van der Waals surface area contributed by atoms with Crippen LogP contribution in [-0.2, 0) is 14.3 Å². The van der Waals surface area contributed by atoms with Gasteiger partial charge in [0.1, 0.15) is 6.10 Å². The van der Waals surface area contributed by atoms with Gasteiger partial charge in [-0.15, -0.1) is 0 Å². The minimum absolute atomic E-state index is 0.0519. The Labute approximate surface area is 351 Å². The van der Waals surface area contributed by atoms with Crippen molar-refractivity contribution in [2.24, 2.45) is 0 Å². The van der Waals surface area contributed by atoms with Crippen molar-refractivity contribution in [2.45, 2.75) is 232 Å². The first-order valence-corrected chi connectivity index (χ1v) is 23.7. The van der Waals surface area contributed by atoms with Crippen molar-refractivity contribution in [1.29, 1.82) is 0 Å². The second-order valence-electron chi connectivity index (χ2n) is 15.7. The molecule has 3 N–H and O–H groups in total. The van der Waals surface area contributed by atoms with Gasteiger partial charge < -0.3 is 20.3 Å². The molecule has 0 spiro atoms. The summed E-state index contributed by atoms with van der Waals surface area (Å²) in [5.74, 6) is -0.531. The topological polar surface area (TPSA) is 95.9 Å². The van der Waals surface area contributed by atoms with E-state index in [1.54, 1.807) is 0 Å². The van der Waals surface area contributed by atoms with Gasteiger partial charge in [0.25, 0.3) is 0 Å². The molecule has 328 valence electrons. The molecule has 57 heavy (non-hydrogen) atoms. The van der Waals surface area contributed by atoms with E-state index in [-0.39, 0.29) is 24.9 Å². The van der Waals surface area contributed by atoms with Crippen molar-refractivity contribution in [1.82, 2.24) is 5.32 Å². The maximum Gasteiger partial charge on any atom is 0.306 e. The number of amides is 1. The lowest BCUT2D eigenvalue weighted by molar-refractivity contribution is -0.151. The van der Waals surface area contributed by atoms with Gasteiger partial charge in [0.05, 0.1) is 25.2 Å². The summed E-state index contributed by atoms with van der Waals surface area (Å²) in [5, 5.41) is 23.6. The zero-order valence-electron chi connectivity index (χ0n) is 37.2. The van der Waals surface area contributed by atoms with Gasteiger partial charge in [-0.3, -0.25) is 9.59 Å². The van der Waals surface area contributed by atoms with Crippen LogP contribution in [0.3, 0.4) is 0 Å². The highest BCUT2D eigenvalue weighted by Gasteiger charge is 2.24. The number of aliphatic hydroxyl groups is 2. The van der Waals surface area contributed by atoms with E-state index in [1.807, 2.05) is 0 Å². The Hall–Kier alpha value is -2.70. The third-order valence-corrected chi connectivity index (χ3v) is 10.3. The van der Waals surface area contributed by atoms with E-state index in [2.05, 4.69) is 99.0 Å². The number of esters is 1. The second-order valence-corrected chi connectivity index (χ2v) is 15.7. The highest BCUT2D eigenvalue weighted by Crippen LogP contribution is 2.17. The Bertz CT molecular complexity index is 1070. The summed E-state index contributed by atoms with van der Waals surface area (Å²) in [5.41, 5.74) is 0. The minimum atomic E-state index is -0.798. The molecule has 0 rings (SSSR count). The number of allylic oxidation sites excluding steroid dienone is 12. The first kappa shape index (κ1) is 54.3. The minimum Gasteiger partial charge on any atom is -0.462 e. The molecule has 0 aromatic carbocycles. The highest BCUT2D eigenvalue weighted by molar-refractivity contribution is 5.77. The molecular formula is C51H89NO5. The van der Waals surface area contributed by atoms with Gasteiger partial charge in [0, 0.05) is 6.42 Å². The fourth-order valence-corrected chi connectivity index (χ4v) is 6.75. The van der Waals surface area contributed by atoms with Crippen LogP contribution in [0.25, 0.3) is 0 Å². The Kier molecular flexibility index (Phi) is 42.3. The molecule has 0 saturated heterocycles. The van der Waals surface area contributed by atoms with Crippen LogP contribution in [0.4, 0.5) is 0 Å². The van der Waals surface area contributed by atoms with Crippen LogP contribution in [0.2, 0.25) is 0 Å². The van der Waals surface area contributed by atoms with Gasteiger partial charge in [-0.2, -0.15) is 0 Å². The van der Waals surface area contributed by atoms with E-state index in [4.69, 9.17) is 4.74 Å². The number of carbonyl (C=O) groups excluding carboxylic acids is 2. The molecule has 6 nitrogen and oxygen atoms in total. The molecule has 0 fully saturated rings. The van der Waals surface area contributed by atoms with E-state index in [0.29, 0.717) is 19.3 Å². The van der Waals surface area contributed by atoms with Crippen molar-refractivity contribution in [3.63, 3.8) is 0 Å². The van der Waals surface area contributed by atoms with Crippen LogP contribution in [-0.4, -0.2) is 46.9 Å². The van der Waals surface area contributed by atoms with Crippen molar-refractivity contribution < 1.29 is 24.5 Å². The van der Waals surface area contributed by atoms with Crippen LogP contribution in [0.1, 0.15) is 213 Å². The molecule has 0 aliphatic heterocycles. The van der Waals surface area contributed by atoms with Crippen LogP contribution in [0, 0.1) is 0 Å². The molecule has 0 radical (unpaired) electrons. The lowest BCUT2D eigenvalue weighted by Gasteiger charge is -2.24. The Morgan fingerprint density at radius 2 is 0.947 bits per heavy atom. The van der Waals surface area contributed by atoms with Crippen molar-refractivity contribution in [2.75, 3.05) is 6.61 Å². The van der Waals surface area contributed by atoms with Crippen LogP contribution < -0.4 is 5.32 Å². The quantitative estimate of drug-likeness (QED) is 0.0325. The number of rotatable bonds is 41. The molecule has 3 atom stereocenters. The molecule has 0 aliphatic carbocycles. The summed E-state index contributed by atoms with van der Waals surface area (Å²) >= 11 is 0. The third kappa shape index (κ3) is 39.9. The van der Waals surface area contributed by atoms with Gasteiger partial charge in [-0.05, 0) is 89.9 Å². The van der Waals surface area contributed by atoms with Gasteiger partial charge in [-0.25, -0.2) is 0 Å². The molecule has 0 bridgehead atoms. The predicted molar refractivity (Wildman–Crippen MR) is 245 cm³/mol. The zero-order chi connectivity index (χ0) is 41.7. The highest BCUT2D eigenvalue weighted by atomic mass is 16.5. The SMILES string of the molecule is CC/C=C/C/C=C/C/C=C/C/C=C/CCCCCC(=O)OC(CCCCCCC/C=C/C/C=C/CC)CC(=O)NC(CO)C(O)CCCCCCCCCCCC. The van der Waals surface area contributed by atoms with E-state index in [9.17, 15) is 19.8 Å². The van der Waals surface area contributed by atoms with E-state index in [1.165, 1.54) is 51.4 Å². The van der Waals surface area contributed by atoms with Gasteiger partial charge >= 0.3 is 5.97 Å². The molecule has 0 aliphatic rings. The summed E-state index contributed by atoms with van der Waals surface area (Å²) in [7, 11) is 0. The fourth-order valence-electron chi connectivity index (χ4n) is 6.75. The Morgan fingerprint density at radius 3 is 1.44 bits per heavy atom. The number of aliphatic hydroxyl groups excluding tert-OH is 2. The standard InChI is InChI=1S/C51H89NO5/c1-4-7-10-13-16-19-22-24-25-26-27-29-32-35-38-41-44-51(56)57-47(42-39-36-33-30-28-23-20-17-14-11-8-5-2)45-50(55)52-48(46-53)49(54)43-40-37-34-31-21-18-15-12-9-6-3/h7-8,10-11,16-17,19-20,24-25,27,29,47-49,53-54H,4-6,9,12-15,18,21-23,26,28,30-46H2,1-3H3,(H,52,55)/b10-7+,11-8+,19-16+,20-17+,25-24+,29-27+. The lowest BCUT2D eigenvalue weighted by atomic mass is 10.0. The molecule has 1 amide bonds. The first-order valence-electron chi connectivity index (χ1n) is 23.7. The van der Waals surface area contributed by atoms with Gasteiger partial charge in [0.15, 0.2) is 0 Å². The van der Waals surface area contributed by atoms with Crippen LogP contribution >= 0.6 is 0 Å². The fraction of sp³-hybridized carbons (Fsp3) is 0.725. The zero-order valence-corrected chi connectivity index (χ0v) is 37.2. The monoisotopic (exact) mass is 796 g/mol. The van der Waals surface area contributed by atoms with E-state index in [0.717, 1.165) is 116 Å². The second kappa shape index (κ2) is 44.4. The first-order chi connectivity index (χ1) is 28.0. The van der Waals surface area contributed by atoms with Crippen molar-refractivity contribution in [3.8, 4) is 0 Å². The molecular weight excluding hydrogens is 707 g/mol. The average Bonchev–Trinajstić information content (AvgIpc) is 3.20. The summed E-state index contributed by atoms with van der Waals surface area (Å²) < 4.78 is 5.89. The average molecular weight is 796 g/mol. The molecule has 0 aromatic rings. The number of unbranched alkanes of at least 4 members (excludes halogenated alkanes) is 17. The van der Waals surface area contributed by atoms with Crippen LogP contribution in [0.5, 0.6) is 0 Å². The number of hydrogen-bond donors (Lipinski definition) is 3. The number of hydrogen-bond acceptors (Lipinski definition) is 5. The van der Waals surface area contributed by atoms with Gasteiger partial charge in [-0.1, -0.05) is 184 Å². The molecule has 0 saturated carbocycles. The van der Waals surface area contributed by atoms with Crippen LogP contribution in [0.15, 0.2) is 72.9 Å². The maximum atomic E-state index is 13.1. The van der Waals surface area contributed by atoms with Crippen molar-refractivity contribution in [3.05, 3.63) is 72.9 Å². The molecule has 0 aromatic heterocycles. The third-order valence-electron chi connectivity index (χ3n) is 10.3. The summed E-state index contributed by atoms with van der Waals surface area (Å²) in [6.07, 6.45) is 55.3. The normalized spacial score (nSPS) is 14.0. The summed E-state index contributed by atoms with van der Waals surface area (Å²) in [6.45, 7) is 6.22. The van der Waals surface area contributed by atoms with Crippen molar-refractivity contribution >= 4 is 11.9 Å². The maximum absolute atomic E-state index is 13.1. The predicted octanol–water partition coefficient (Wildman–Crippen LogP) is 13.8. The molecule has 0 heterocycles. The van der Waals surface area contributed by atoms with E-state index >= 15 is 0 Å². The summed E-state index contributed by atoms with van der Waals surface area (Å²) in [4.78, 5) is 26.0.